The molecule has 0 aromatic carbocycles. The molecule has 0 unspecified atom stereocenters. The Labute approximate surface area is 103 Å². The van der Waals surface area contributed by atoms with Crippen molar-refractivity contribution in [1.29, 1.82) is 0 Å². The Bertz CT molecular complexity index is 299. The minimum absolute atomic E-state index is 0.00827. The molecule has 96 valence electrons. The minimum atomic E-state index is 0.00827. The molecule has 0 fully saturated rings. The van der Waals surface area contributed by atoms with Crippen molar-refractivity contribution in [2.45, 2.75) is 32.7 Å². The predicted octanol–water partition coefficient (Wildman–Crippen LogP) is 2.30. The summed E-state index contributed by atoms with van der Waals surface area (Å²) in [5, 5.41) is 0. The van der Waals surface area contributed by atoms with Gasteiger partial charge in [-0.15, -0.1) is 0 Å². The van der Waals surface area contributed by atoms with Crippen molar-refractivity contribution in [3.8, 4) is 5.88 Å². The highest BCUT2D eigenvalue weighted by atomic mass is 16.5. The third-order valence-corrected chi connectivity index (χ3v) is 2.40. The molecule has 0 saturated carbocycles. The summed E-state index contributed by atoms with van der Waals surface area (Å²) >= 11 is 0. The van der Waals surface area contributed by atoms with Crippen molar-refractivity contribution in [1.82, 2.24) is 4.98 Å². The van der Waals surface area contributed by atoms with Gasteiger partial charge in [-0.2, -0.15) is 0 Å². The van der Waals surface area contributed by atoms with Crippen LogP contribution >= 0.6 is 0 Å². The van der Waals surface area contributed by atoms with Crippen LogP contribution in [0, 0.1) is 0 Å². The molecule has 1 aromatic heterocycles. The van der Waals surface area contributed by atoms with Crippen molar-refractivity contribution in [3.63, 3.8) is 0 Å². The standard InChI is InChI=1S/C13H22N2O2/c1-3-4-7-16-8-9-17-13-6-5-12(10-15-13)11(2)14/h5-6,10-11H,3-4,7-9,14H2,1-2H3/t11-/m0/s1. The van der Waals surface area contributed by atoms with Gasteiger partial charge in [-0.05, 0) is 18.9 Å². The Morgan fingerprint density at radius 2 is 2.12 bits per heavy atom. The molecule has 4 nitrogen and oxygen atoms in total. The Morgan fingerprint density at radius 1 is 1.29 bits per heavy atom. The average Bonchev–Trinajstić information content (AvgIpc) is 2.34. The fraction of sp³-hybridized carbons (Fsp3) is 0.615. The van der Waals surface area contributed by atoms with E-state index in [0.29, 0.717) is 19.1 Å². The zero-order valence-electron chi connectivity index (χ0n) is 10.7. The van der Waals surface area contributed by atoms with Crippen LogP contribution in [-0.2, 0) is 4.74 Å². The molecule has 0 saturated heterocycles. The van der Waals surface area contributed by atoms with E-state index in [1.807, 2.05) is 19.1 Å². The van der Waals surface area contributed by atoms with E-state index in [1.165, 1.54) is 0 Å². The van der Waals surface area contributed by atoms with Crippen LogP contribution in [0.25, 0.3) is 0 Å². The smallest absolute Gasteiger partial charge is 0.213 e. The Balaban J connectivity index is 2.19. The highest BCUT2D eigenvalue weighted by Crippen LogP contribution is 2.12. The Morgan fingerprint density at radius 3 is 2.71 bits per heavy atom. The lowest BCUT2D eigenvalue weighted by atomic mass is 10.2. The van der Waals surface area contributed by atoms with E-state index in [-0.39, 0.29) is 6.04 Å². The Hall–Kier alpha value is -1.13. The summed E-state index contributed by atoms with van der Waals surface area (Å²) in [6.07, 6.45) is 4.00. The van der Waals surface area contributed by atoms with E-state index >= 15 is 0 Å². The van der Waals surface area contributed by atoms with Crippen LogP contribution in [0.15, 0.2) is 18.3 Å². The molecule has 0 bridgehead atoms. The van der Waals surface area contributed by atoms with Crippen LogP contribution in [0.4, 0.5) is 0 Å². The molecule has 1 rings (SSSR count). The second-order valence-electron chi connectivity index (χ2n) is 4.03. The summed E-state index contributed by atoms with van der Waals surface area (Å²) < 4.78 is 10.8. The van der Waals surface area contributed by atoms with Gasteiger partial charge in [0.25, 0.3) is 0 Å². The predicted molar refractivity (Wildman–Crippen MR) is 68.1 cm³/mol. The van der Waals surface area contributed by atoms with Gasteiger partial charge in [0.1, 0.15) is 6.61 Å². The number of ether oxygens (including phenoxy) is 2. The van der Waals surface area contributed by atoms with Gasteiger partial charge >= 0.3 is 0 Å². The van der Waals surface area contributed by atoms with Crippen LogP contribution in [0.5, 0.6) is 5.88 Å². The summed E-state index contributed by atoms with van der Waals surface area (Å²) in [6.45, 7) is 6.02. The molecular formula is C13H22N2O2. The quantitative estimate of drug-likeness (QED) is 0.706. The zero-order valence-corrected chi connectivity index (χ0v) is 10.7. The normalized spacial score (nSPS) is 12.4. The summed E-state index contributed by atoms with van der Waals surface area (Å²) in [4.78, 5) is 4.18. The van der Waals surface area contributed by atoms with Crippen molar-refractivity contribution in [2.75, 3.05) is 19.8 Å². The lowest BCUT2D eigenvalue weighted by Crippen LogP contribution is -2.09. The van der Waals surface area contributed by atoms with E-state index in [9.17, 15) is 0 Å². The van der Waals surface area contributed by atoms with E-state index in [1.54, 1.807) is 6.20 Å². The number of pyridine rings is 1. The summed E-state index contributed by atoms with van der Waals surface area (Å²) in [5.41, 5.74) is 6.74. The second-order valence-corrected chi connectivity index (χ2v) is 4.03. The van der Waals surface area contributed by atoms with Gasteiger partial charge in [-0.25, -0.2) is 4.98 Å². The molecule has 1 aromatic rings. The number of hydrogen-bond donors (Lipinski definition) is 1. The van der Waals surface area contributed by atoms with Crippen molar-refractivity contribution >= 4 is 0 Å². The van der Waals surface area contributed by atoms with Gasteiger partial charge < -0.3 is 15.2 Å². The fourth-order valence-electron chi connectivity index (χ4n) is 1.30. The molecule has 1 heterocycles. The third kappa shape index (κ3) is 5.65. The van der Waals surface area contributed by atoms with Crippen molar-refractivity contribution in [3.05, 3.63) is 23.9 Å². The SMILES string of the molecule is CCCCOCCOc1ccc([C@H](C)N)cn1. The van der Waals surface area contributed by atoms with E-state index in [2.05, 4.69) is 11.9 Å². The van der Waals surface area contributed by atoms with E-state index in [0.717, 1.165) is 25.0 Å². The topological polar surface area (TPSA) is 57.4 Å². The lowest BCUT2D eigenvalue weighted by molar-refractivity contribution is 0.0965. The Kier molecular flexibility index (Phi) is 6.58. The maximum Gasteiger partial charge on any atom is 0.213 e. The van der Waals surface area contributed by atoms with Crippen LogP contribution in [0.2, 0.25) is 0 Å². The van der Waals surface area contributed by atoms with E-state index < -0.39 is 0 Å². The van der Waals surface area contributed by atoms with Crippen molar-refractivity contribution in [2.24, 2.45) is 5.73 Å². The highest BCUT2D eigenvalue weighted by Gasteiger charge is 2.00. The lowest BCUT2D eigenvalue weighted by Gasteiger charge is -2.08. The number of aromatic nitrogens is 1. The molecule has 0 aliphatic carbocycles. The molecule has 0 aliphatic heterocycles. The monoisotopic (exact) mass is 238 g/mol. The first-order valence-electron chi connectivity index (χ1n) is 6.16. The number of nitrogens with two attached hydrogens (primary N) is 1. The third-order valence-electron chi connectivity index (χ3n) is 2.40. The van der Waals surface area contributed by atoms with Gasteiger partial charge in [0.2, 0.25) is 5.88 Å². The molecule has 17 heavy (non-hydrogen) atoms. The first-order valence-corrected chi connectivity index (χ1v) is 6.16. The molecule has 0 aliphatic rings. The maximum absolute atomic E-state index is 5.73. The summed E-state index contributed by atoms with van der Waals surface area (Å²) in [7, 11) is 0. The van der Waals surface area contributed by atoms with Gasteiger partial charge in [0, 0.05) is 24.9 Å². The first-order chi connectivity index (χ1) is 8.24. The second kappa shape index (κ2) is 8.03. The van der Waals surface area contributed by atoms with Gasteiger partial charge in [-0.1, -0.05) is 19.4 Å². The van der Waals surface area contributed by atoms with Crippen LogP contribution in [0.3, 0.4) is 0 Å². The molecule has 0 amide bonds. The largest absolute Gasteiger partial charge is 0.475 e. The molecular weight excluding hydrogens is 216 g/mol. The molecule has 0 spiro atoms. The number of rotatable bonds is 8. The number of hydrogen-bond acceptors (Lipinski definition) is 4. The molecule has 1 atom stereocenters. The van der Waals surface area contributed by atoms with Gasteiger partial charge in [0.15, 0.2) is 0 Å². The van der Waals surface area contributed by atoms with Gasteiger partial charge in [0.05, 0.1) is 6.61 Å². The summed E-state index contributed by atoms with van der Waals surface area (Å²) in [6, 6.07) is 3.78. The molecule has 0 radical (unpaired) electrons. The molecule has 2 N–H and O–H groups in total. The minimum Gasteiger partial charge on any atom is -0.475 e. The highest BCUT2D eigenvalue weighted by molar-refractivity contribution is 5.19. The average molecular weight is 238 g/mol. The van der Waals surface area contributed by atoms with E-state index in [4.69, 9.17) is 15.2 Å². The van der Waals surface area contributed by atoms with Crippen LogP contribution < -0.4 is 10.5 Å². The van der Waals surface area contributed by atoms with Gasteiger partial charge in [-0.3, -0.25) is 0 Å². The van der Waals surface area contributed by atoms with Crippen LogP contribution in [-0.4, -0.2) is 24.8 Å². The zero-order chi connectivity index (χ0) is 12.5. The fourth-order valence-corrected chi connectivity index (χ4v) is 1.30. The maximum atomic E-state index is 5.73. The summed E-state index contributed by atoms with van der Waals surface area (Å²) in [5.74, 6) is 0.619. The van der Waals surface area contributed by atoms with Crippen LogP contribution in [0.1, 0.15) is 38.3 Å². The number of unbranched alkanes of at least 4 members (excludes halogenated alkanes) is 1. The molecule has 4 heteroatoms. The first kappa shape index (κ1) is 13.9. The van der Waals surface area contributed by atoms with Crippen molar-refractivity contribution < 1.29 is 9.47 Å². The number of nitrogens with zero attached hydrogens (tertiary/aromatic N) is 1.